The van der Waals surface area contributed by atoms with Crippen LogP contribution in [0.5, 0.6) is 5.75 Å². The van der Waals surface area contributed by atoms with Crippen LogP contribution in [0.1, 0.15) is 38.9 Å². The number of amides is 2. The molecule has 1 aromatic heterocycles. The highest BCUT2D eigenvalue weighted by atomic mass is 32.1. The van der Waals surface area contributed by atoms with E-state index in [4.69, 9.17) is 4.74 Å². The van der Waals surface area contributed by atoms with Gasteiger partial charge < -0.3 is 19.9 Å². The van der Waals surface area contributed by atoms with Crippen molar-refractivity contribution in [2.45, 2.75) is 19.9 Å². The molecule has 6 nitrogen and oxygen atoms in total. The first-order valence-corrected chi connectivity index (χ1v) is 11.4. The molecule has 1 heterocycles. The minimum absolute atomic E-state index is 0.0350. The Bertz CT molecular complexity index is 1050. The predicted octanol–water partition coefficient (Wildman–Crippen LogP) is 5.13. The van der Waals surface area contributed by atoms with Crippen molar-refractivity contribution >= 4 is 34.5 Å². The molecule has 168 valence electrons. The van der Waals surface area contributed by atoms with Gasteiger partial charge in [-0.25, -0.2) is 0 Å². The first kappa shape index (κ1) is 23.3. The highest BCUT2D eigenvalue weighted by Crippen LogP contribution is 2.26. The number of hydrogen-bond acceptors (Lipinski definition) is 5. The molecule has 2 amide bonds. The largest absolute Gasteiger partial charge is 0.497 e. The Kier molecular flexibility index (Phi) is 7.89. The fraction of sp³-hybridized carbons (Fsp3) is 0.280. The van der Waals surface area contributed by atoms with E-state index in [-0.39, 0.29) is 11.8 Å². The lowest BCUT2D eigenvalue weighted by molar-refractivity contribution is 0.0743. The Hall–Kier alpha value is -3.32. The topological polar surface area (TPSA) is 61.9 Å². The summed E-state index contributed by atoms with van der Waals surface area (Å²) < 4.78 is 5.20. The number of hydrogen-bond donors (Lipinski definition) is 1. The maximum Gasteiger partial charge on any atom is 0.265 e. The third kappa shape index (κ3) is 5.68. The van der Waals surface area contributed by atoms with Gasteiger partial charge in [0.05, 0.1) is 12.0 Å². The number of ether oxygens (including phenoxy) is 1. The lowest BCUT2D eigenvalue weighted by Crippen LogP contribution is -2.32. The van der Waals surface area contributed by atoms with E-state index in [1.165, 1.54) is 11.3 Å². The molecule has 0 bridgehead atoms. The van der Waals surface area contributed by atoms with E-state index in [9.17, 15) is 9.59 Å². The Morgan fingerprint density at radius 1 is 1.06 bits per heavy atom. The van der Waals surface area contributed by atoms with Crippen LogP contribution < -0.4 is 15.0 Å². The molecule has 0 aliphatic carbocycles. The van der Waals surface area contributed by atoms with Gasteiger partial charge in [0.1, 0.15) is 5.75 Å². The predicted molar refractivity (Wildman–Crippen MR) is 131 cm³/mol. The smallest absolute Gasteiger partial charge is 0.265 e. The lowest BCUT2D eigenvalue weighted by Gasteiger charge is -2.26. The highest BCUT2D eigenvalue weighted by molar-refractivity contribution is 7.12. The van der Waals surface area contributed by atoms with Crippen LogP contribution in [-0.4, -0.2) is 44.5 Å². The van der Waals surface area contributed by atoms with Crippen LogP contribution in [0.3, 0.4) is 0 Å². The van der Waals surface area contributed by atoms with Crippen LogP contribution in [0.2, 0.25) is 0 Å². The van der Waals surface area contributed by atoms with Crippen molar-refractivity contribution in [3.8, 4) is 5.75 Å². The minimum atomic E-state index is -0.136. The second-order valence-corrected chi connectivity index (χ2v) is 8.57. The first-order valence-electron chi connectivity index (χ1n) is 10.5. The Balaban J connectivity index is 1.86. The number of nitrogens with one attached hydrogen (secondary N) is 1. The molecule has 0 aliphatic heterocycles. The molecule has 0 atom stereocenters. The molecule has 0 spiro atoms. The van der Waals surface area contributed by atoms with E-state index in [0.717, 1.165) is 17.7 Å². The van der Waals surface area contributed by atoms with E-state index >= 15 is 0 Å². The molecule has 0 saturated carbocycles. The number of carbonyl (C=O) groups excluding carboxylic acids is 2. The Labute approximate surface area is 193 Å². The Morgan fingerprint density at radius 2 is 1.81 bits per heavy atom. The van der Waals surface area contributed by atoms with Crippen LogP contribution in [0.4, 0.5) is 11.4 Å². The quantitative estimate of drug-likeness (QED) is 0.490. The zero-order chi connectivity index (χ0) is 23.1. The second kappa shape index (κ2) is 10.8. The molecule has 2 aromatic carbocycles. The summed E-state index contributed by atoms with van der Waals surface area (Å²) in [5.41, 5.74) is 3.29. The van der Waals surface area contributed by atoms with Crippen molar-refractivity contribution in [3.63, 3.8) is 0 Å². The van der Waals surface area contributed by atoms with E-state index in [2.05, 4.69) is 12.2 Å². The third-order valence-electron chi connectivity index (χ3n) is 5.04. The molecule has 7 heteroatoms. The van der Waals surface area contributed by atoms with Gasteiger partial charge in [0.2, 0.25) is 0 Å². The van der Waals surface area contributed by atoms with Gasteiger partial charge in [-0.2, -0.15) is 0 Å². The van der Waals surface area contributed by atoms with Crippen LogP contribution >= 0.6 is 11.3 Å². The van der Waals surface area contributed by atoms with Crippen LogP contribution in [0.15, 0.2) is 60.0 Å². The van der Waals surface area contributed by atoms with Crippen molar-refractivity contribution in [1.82, 2.24) is 4.90 Å². The summed E-state index contributed by atoms with van der Waals surface area (Å²) >= 11 is 1.40. The van der Waals surface area contributed by atoms with E-state index in [1.807, 2.05) is 53.5 Å². The molecule has 3 rings (SSSR count). The van der Waals surface area contributed by atoms with Crippen molar-refractivity contribution in [3.05, 3.63) is 76.0 Å². The van der Waals surface area contributed by atoms with Gasteiger partial charge in [0.25, 0.3) is 11.8 Å². The molecule has 0 aliphatic rings. The van der Waals surface area contributed by atoms with Gasteiger partial charge in [0.15, 0.2) is 0 Å². The van der Waals surface area contributed by atoms with Gasteiger partial charge in [-0.1, -0.05) is 13.0 Å². The molecular formula is C25H29N3O3S. The second-order valence-electron chi connectivity index (χ2n) is 7.62. The fourth-order valence-electron chi connectivity index (χ4n) is 3.47. The van der Waals surface area contributed by atoms with Crippen molar-refractivity contribution in [2.24, 2.45) is 0 Å². The van der Waals surface area contributed by atoms with Crippen molar-refractivity contribution in [1.29, 1.82) is 0 Å². The van der Waals surface area contributed by atoms with Gasteiger partial charge in [-0.3, -0.25) is 9.59 Å². The normalized spacial score (nSPS) is 10.5. The van der Waals surface area contributed by atoms with Crippen molar-refractivity contribution in [2.75, 3.05) is 38.0 Å². The van der Waals surface area contributed by atoms with Crippen LogP contribution in [0, 0.1) is 0 Å². The number of thiophene rings is 1. The van der Waals surface area contributed by atoms with Gasteiger partial charge in [-0.05, 0) is 65.9 Å². The summed E-state index contributed by atoms with van der Waals surface area (Å²) in [7, 11) is 5.55. The van der Waals surface area contributed by atoms with E-state index in [0.29, 0.717) is 35.0 Å². The molecule has 3 aromatic rings. The van der Waals surface area contributed by atoms with Crippen LogP contribution in [-0.2, 0) is 6.54 Å². The fourth-order valence-corrected chi connectivity index (χ4v) is 4.09. The standard InChI is InChI=1S/C25H29N3O3S/c1-5-14-28(25(30)18-8-11-21(31-4)12-9-18)17-19-16-20(10-13-22(19)27(2)3)26-24(29)23-7-6-15-32-23/h6-13,15-16H,5,14,17H2,1-4H3,(H,26,29). The zero-order valence-electron chi connectivity index (χ0n) is 18.9. The number of benzene rings is 2. The van der Waals surface area contributed by atoms with Gasteiger partial charge >= 0.3 is 0 Å². The van der Waals surface area contributed by atoms with Gasteiger partial charge in [-0.15, -0.1) is 11.3 Å². The third-order valence-corrected chi connectivity index (χ3v) is 5.91. The maximum absolute atomic E-state index is 13.2. The van der Waals surface area contributed by atoms with Crippen LogP contribution in [0.25, 0.3) is 0 Å². The van der Waals surface area contributed by atoms with E-state index < -0.39 is 0 Å². The van der Waals surface area contributed by atoms with Gasteiger partial charge in [0, 0.05) is 44.1 Å². The first-order chi connectivity index (χ1) is 15.4. The average molecular weight is 452 g/mol. The zero-order valence-corrected chi connectivity index (χ0v) is 19.7. The molecule has 0 radical (unpaired) electrons. The summed E-state index contributed by atoms with van der Waals surface area (Å²) in [6.07, 6.45) is 0.841. The average Bonchev–Trinajstić information content (AvgIpc) is 3.33. The number of anilines is 2. The lowest BCUT2D eigenvalue weighted by atomic mass is 10.1. The number of rotatable bonds is 9. The highest BCUT2D eigenvalue weighted by Gasteiger charge is 2.18. The van der Waals surface area contributed by atoms with Crippen molar-refractivity contribution < 1.29 is 14.3 Å². The monoisotopic (exact) mass is 451 g/mol. The summed E-state index contributed by atoms with van der Waals surface area (Å²) in [4.78, 5) is 30.2. The summed E-state index contributed by atoms with van der Waals surface area (Å²) in [5, 5.41) is 4.84. The number of carbonyl (C=O) groups is 2. The molecule has 0 fully saturated rings. The summed E-state index contributed by atoms with van der Waals surface area (Å²) in [6, 6.07) is 16.6. The summed E-state index contributed by atoms with van der Waals surface area (Å²) in [6.45, 7) is 3.12. The molecule has 1 N–H and O–H groups in total. The number of methoxy groups -OCH3 is 1. The molecule has 32 heavy (non-hydrogen) atoms. The molecular weight excluding hydrogens is 422 g/mol. The minimum Gasteiger partial charge on any atom is -0.497 e. The Morgan fingerprint density at radius 3 is 2.41 bits per heavy atom. The maximum atomic E-state index is 13.2. The molecule has 0 saturated heterocycles. The molecule has 0 unspecified atom stereocenters. The number of nitrogens with zero attached hydrogens (tertiary/aromatic N) is 2. The SMILES string of the molecule is CCCN(Cc1cc(NC(=O)c2cccs2)ccc1N(C)C)C(=O)c1ccc(OC)cc1. The van der Waals surface area contributed by atoms with E-state index in [1.54, 1.807) is 37.4 Å². The summed E-state index contributed by atoms with van der Waals surface area (Å²) in [5.74, 6) is 0.545.